The summed E-state index contributed by atoms with van der Waals surface area (Å²) in [5.41, 5.74) is 1.71. The second-order valence-electron chi connectivity index (χ2n) is 8.35. The third-order valence-electron chi connectivity index (χ3n) is 6.28. The second kappa shape index (κ2) is 7.37. The van der Waals surface area contributed by atoms with E-state index in [0.29, 0.717) is 56.1 Å². The van der Waals surface area contributed by atoms with Crippen LogP contribution in [-0.2, 0) is 16.8 Å². The van der Waals surface area contributed by atoms with Crippen LogP contribution in [0.25, 0.3) is 10.9 Å². The monoisotopic (exact) mass is 417 g/mol. The molecule has 0 spiro atoms. The van der Waals surface area contributed by atoms with Gasteiger partial charge in [-0.2, -0.15) is 17.0 Å². The molecule has 29 heavy (non-hydrogen) atoms. The first kappa shape index (κ1) is 19.0. The molecule has 2 saturated heterocycles. The molecule has 0 bridgehead atoms. The Morgan fingerprint density at radius 2 is 1.66 bits per heavy atom. The zero-order chi connectivity index (χ0) is 20.0. The standard InChI is InChI=1S/C20H27N5O3S/c26-20-18-6-5-17(13-19(18)21-15-23(20)14-16-3-4-16)22-9-11-25(12-10-22)29(27,28)24-7-1-2-8-24/h5-6,13,15-16H,1-4,7-12,14H2. The summed E-state index contributed by atoms with van der Waals surface area (Å²) in [5.74, 6) is 0.624. The van der Waals surface area contributed by atoms with Crippen molar-refractivity contribution in [3.63, 3.8) is 0 Å². The van der Waals surface area contributed by atoms with E-state index in [1.807, 2.05) is 18.2 Å². The summed E-state index contributed by atoms with van der Waals surface area (Å²) in [7, 11) is -3.33. The number of anilines is 1. The van der Waals surface area contributed by atoms with Crippen LogP contribution < -0.4 is 10.5 Å². The van der Waals surface area contributed by atoms with Gasteiger partial charge < -0.3 is 4.90 Å². The molecule has 1 saturated carbocycles. The molecular weight excluding hydrogens is 390 g/mol. The van der Waals surface area contributed by atoms with Crippen molar-refractivity contribution in [2.45, 2.75) is 32.2 Å². The Morgan fingerprint density at radius 1 is 0.966 bits per heavy atom. The van der Waals surface area contributed by atoms with E-state index < -0.39 is 10.2 Å². The normalized spacial score (nSPS) is 21.9. The van der Waals surface area contributed by atoms with Gasteiger partial charge in [0.2, 0.25) is 0 Å². The van der Waals surface area contributed by atoms with E-state index in [-0.39, 0.29) is 5.56 Å². The zero-order valence-electron chi connectivity index (χ0n) is 16.5. The van der Waals surface area contributed by atoms with Crippen LogP contribution in [0.3, 0.4) is 0 Å². The van der Waals surface area contributed by atoms with Crippen molar-refractivity contribution in [3.05, 3.63) is 34.9 Å². The van der Waals surface area contributed by atoms with Crippen molar-refractivity contribution in [1.29, 1.82) is 0 Å². The van der Waals surface area contributed by atoms with Crippen LogP contribution in [0.15, 0.2) is 29.3 Å². The highest BCUT2D eigenvalue weighted by molar-refractivity contribution is 7.86. The highest BCUT2D eigenvalue weighted by Crippen LogP contribution is 2.30. The van der Waals surface area contributed by atoms with Crippen molar-refractivity contribution in [3.8, 4) is 0 Å². The summed E-state index contributed by atoms with van der Waals surface area (Å²) >= 11 is 0. The van der Waals surface area contributed by atoms with Gasteiger partial charge in [-0.25, -0.2) is 4.98 Å². The van der Waals surface area contributed by atoms with E-state index in [1.54, 1.807) is 19.5 Å². The molecule has 156 valence electrons. The number of fused-ring (bicyclic) bond motifs is 1. The highest BCUT2D eigenvalue weighted by Gasteiger charge is 2.33. The predicted molar refractivity (Wildman–Crippen MR) is 112 cm³/mol. The second-order valence-corrected chi connectivity index (χ2v) is 10.3. The molecule has 1 aromatic carbocycles. The average Bonchev–Trinajstić information content (AvgIpc) is 3.37. The van der Waals surface area contributed by atoms with Gasteiger partial charge in [-0.15, -0.1) is 0 Å². The molecular formula is C20H27N5O3S. The van der Waals surface area contributed by atoms with Crippen LogP contribution in [0.2, 0.25) is 0 Å². The average molecular weight is 418 g/mol. The SMILES string of the molecule is O=c1c2ccc(N3CCN(S(=O)(=O)N4CCCC4)CC3)cc2ncn1CC1CC1. The van der Waals surface area contributed by atoms with E-state index in [4.69, 9.17) is 0 Å². The molecule has 0 unspecified atom stereocenters. The maximum Gasteiger partial charge on any atom is 0.282 e. The fraction of sp³-hybridized carbons (Fsp3) is 0.600. The lowest BCUT2D eigenvalue weighted by atomic mass is 10.2. The van der Waals surface area contributed by atoms with Crippen LogP contribution >= 0.6 is 0 Å². The number of hydrogen-bond acceptors (Lipinski definition) is 5. The minimum atomic E-state index is -3.33. The molecule has 1 aliphatic carbocycles. The van der Waals surface area contributed by atoms with Crippen LogP contribution in [0.5, 0.6) is 0 Å². The maximum absolute atomic E-state index is 12.7. The maximum atomic E-state index is 12.7. The lowest BCUT2D eigenvalue weighted by Gasteiger charge is -2.37. The van der Waals surface area contributed by atoms with E-state index in [2.05, 4.69) is 9.88 Å². The molecule has 0 amide bonds. The molecule has 3 fully saturated rings. The van der Waals surface area contributed by atoms with Gasteiger partial charge in [0.15, 0.2) is 0 Å². The molecule has 8 nitrogen and oxygen atoms in total. The molecule has 3 aliphatic rings. The van der Waals surface area contributed by atoms with Gasteiger partial charge in [0, 0.05) is 51.5 Å². The van der Waals surface area contributed by atoms with E-state index >= 15 is 0 Å². The number of rotatable bonds is 5. The summed E-state index contributed by atoms with van der Waals surface area (Å²) in [6.45, 7) is 4.26. The smallest absolute Gasteiger partial charge is 0.282 e. The topological polar surface area (TPSA) is 78.8 Å². The van der Waals surface area contributed by atoms with Crippen molar-refractivity contribution in [2.75, 3.05) is 44.2 Å². The highest BCUT2D eigenvalue weighted by atomic mass is 32.2. The Balaban J connectivity index is 1.31. The van der Waals surface area contributed by atoms with E-state index in [1.165, 1.54) is 12.8 Å². The Kier molecular flexibility index (Phi) is 4.84. The molecule has 9 heteroatoms. The van der Waals surface area contributed by atoms with Gasteiger partial charge in [-0.05, 0) is 49.8 Å². The van der Waals surface area contributed by atoms with Crippen molar-refractivity contribution >= 4 is 26.8 Å². The molecule has 5 rings (SSSR count). The van der Waals surface area contributed by atoms with Gasteiger partial charge >= 0.3 is 0 Å². The molecule has 2 aromatic rings. The van der Waals surface area contributed by atoms with E-state index in [9.17, 15) is 13.2 Å². The number of benzene rings is 1. The molecule has 2 aliphatic heterocycles. The first-order chi connectivity index (χ1) is 14.0. The summed E-state index contributed by atoms with van der Waals surface area (Å²) in [4.78, 5) is 19.4. The van der Waals surface area contributed by atoms with Crippen LogP contribution in [0.1, 0.15) is 25.7 Å². The van der Waals surface area contributed by atoms with Gasteiger partial charge in [0.05, 0.1) is 17.2 Å². The van der Waals surface area contributed by atoms with Gasteiger partial charge in [-0.1, -0.05) is 0 Å². The summed E-state index contributed by atoms with van der Waals surface area (Å²) in [6, 6.07) is 5.76. The zero-order valence-corrected chi connectivity index (χ0v) is 17.4. The summed E-state index contributed by atoms with van der Waals surface area (Å²) in [5, 5.41) is 0.646. The van der Waals surface area contributed by atoms with Crippen molar-refractivity contribution in [1.82, 2.24) is 18.2 Å². The first-order valence-electron chi connectivity index (χ1n) is 10.5. The number of aromatic nitrogens is 2. The molecule has 3 heterocycles. The van der Waals surface area contributed by atoms with Crippen LogP contribution in [0, 0.1) is 5.92 Å². The number of nitrogens with zero attached hydrogens (tertiary/aromatic N) is 5. The van der Waals surface area contributed by atoms with Crippen molar-refractivity contribution in [2.24, 2.45) is 5.92 Å². The Bertz CT molecular complexity index is 1070. The molecule has 0 radical (unpaired) electrons. The van der Waals surface area contributed by atoms with Crippen LogP contribution in [-0.4, -0.2) is 65.8 Å². The lowest BCUT2D eigenvalue weighted by Crippen LogP contribution is -2.52. The summed E-state index contributed by atoms with van der Waals surface area (Å²) < 4.78 is 30.4. The molecule has 0 atom stereocenters. The number of piperazine rings is 1. The van der Waals surface area contributed by atoms with Gasteiger partial charge in [0.25, 0.3) is 15.8 Å². The predicted octanol–water partition coefficient (Wildman–Crippen LogP) is 1.27. The molecule has 0 N–H and O–H groups in total. The third-order valence-corrected chi connectivity index (χ3v) is 8.32. The first-order valence-corrected chi connectivity index (χ1v) is 11.9. The van der Waals surface area contributed by atoms with Gasteiger partial charge in [-0.3, -0.25) is 9.36 Å². The molecule has 1 aromatic heterocycles. The fourth-order valence-corrected chi connectivity index (χ4v) is 5.98. The van der Waals surface area contributed by atoms with Crippen LogP contribution in [0.4, 0.5) is 5.69 Å². The fourth-order valence-electron chi connectivity index (χ4n) is 4.31. The van der Waals surface area contributed by atoms with E-state index in [0.717, 1.165) is 25.1 Å². The minimum absolute atomic E-state index is 0.0231. The quantitative estimate of drug-likeness (QED) is 0.732. The Morgan fingerprint density at radius 3 is 2.34 bits per heavy atom. The summed E-state index contributed by atoms with van der Waals surface area (Å²) in [6.07, 6.45) is 5.95. The largest absolute Gasteiger partial charge is 0.369 e. The lowest BCUT2D eigenvalue weighted by molar-refractivity contribution is 0.343. The van der Waals surface area contributed by atoms with Gasteiger partial charge in [0.1, 0.15) is 0 Å². The number of hydrogen-bond donors (Lipinski definition) is 0. The Labute approximate surface area is 170 Å². The minimum Gasteiger partial charge on any atom is -0.369 e. The Hall–Kier alpha value is -1.97. The van der Waals surface area contributed by atoms with Crippen molar-refractivity contribution < 1.29 is 8.42 Å². The third kappa shape index (κ3) is 3.67.